The minimum atomic E-state index is -0.176. The minimum absolute atomic E-state index is 0.0368. The first kappa shape index (κ1) is 17.7. The molecule has 0 bridgehead atoms. The predicted molar refractivity (Wildman–Crippen MR) is 93.9 cm³/mol. The fraction of sp³-hybridized carbons (Fsp3) is 0.611. The molecule has 0 spiro atoms. The summed E-state index contributed by atoms with van der Waals surface area (Å²) in [4.78, 5) is 19.3. The number of hydrogen-bond acceptors (Lipinski definition) is 5. The van der Waals surface area contributed by atoms with Crippen LogP contribution in [0, 0.1) is 13.8 Å². The summed E-state index contributed by atoms with van der Waals surface area (Å²) in [7, 11) is 0. The molecular formula is C18H27N5O2. The molecule has 1 amide bonds. The molecule has 2 atom stereocenters. The molecule has 0 saturated carbocycles. The number of amides is 1. The minimum Gasteiger partial charge on any atom is -0.467 e. The summed E-state index contributed by atoms with van der Waals surface area (Å²) < 4.78 is 7.24. The molecule has 136 valence electrons. The van der Waals surface area contributed by atoms with Crippen LogP contribution in [0.5, 0.6) is 0 Å². The second-order valence-electron chi connectivity index (χ2n) is 6.75. The quantitative estimate of drug-likeness (QED) is 0.867. The molecule has 25 heavy (non-hydrogen) atoms. The van der Waals surface area contributed by atoms with Gasteiger partial charge in [0.2, 0.25) is 5.91 Å². The van der Waals surface area contributed by atoms with E-state index in [2.05, 4.69) is 20.3 Å². The highest BCUT2D eigenvalue weighted by molar-refractivity contribution is 5.81. The average molecular weight is 345 g/mol. The van der Waals surface area contributed by atoms with Crippen molar-refractivity contribution in [3.63, 3.8) is 0 Å². The van der Waals surface area contributed by atoms with Crippen LogP contribution in [0.1, 0.15) is 43.6 Å². The molecule has 2 aromatic rings. The van der Waals surface area contributed by atoms with Gasteiger partial charge in [-0.15, -0.1) is 0 Å². The van der Waals surface area contributed by atoms with Gasteiger partial charge in [-0.2, -0.15) is 5.10 Å². The lowest BCUT2D eigenvalue weighted by Crippen LogP contribution is -2.52. The highest BCUT2D eigenvalue weighted by atomic mass is 16.3. The van der Waals surface area contributed by atoms with Gasteiger partial charge >= 0.3 is 0 Å². The number of hydrogen-bond donors (Lipinski definition) is 1. The molecule has 1 aliphatic rings. The van der Waals surface area contributed by atoms with E-state index in [1.165, 1.54) is 6.42 Å². The third-order valence-electron chi connectivity index (χ3n) is 4.91. The van der Waals surface area contributed by atoms with E-state index in [9.17, 15) is 4.79 Å². The topological polar surface area (TPSA) is 76.2 Å². The molecule has 7 nitrogen and oxygen atoms in total. The van der Waals surface area contributed by atoms with Gasteiger partial charge in [0, 0.05) is 6.04 Å². The third kappa shape index (κ3) is 4.28. The van der Waals surface area contributed by atoms with Crippen LogP contribution in [-0.2, 0) is 17.9 Å². The van der Waals surface area contributed by atoms with Crippen molar-refractivity contribution in [2.75, 3.05) is 6.54 Å². The largest absolute Gasteiger partial charge is 0.467 e. The monoisotopic (exact) mass is 345 g/mol. The van der Waals surface area contributed by atoms with Gasteiger partial charge in [-0.3, -0.25) is 9.69 Å². The lowest BCUT2D eigenvalue weighted by Gasteiger charge is -2.39. The smallest absolute Gasteiger partial charge is 0.237 e. The molecular weight excluding hydrogens is 318 g/mol. The third-order valence-corrected chi connectivity index (χ3v) is 4.91. The molecule has 1 fully saturated rings. The molecule has 7 heteroatoms. The first-order valence-electron chi connectivity index (χ1n) is 8.98. The SMILES string of the molecule is Cc1nc(C)n(C[C@@H]2CCCCN2[C@H](C)C(=O)NCc2ccco2)n1. The Bertz CT molecular complexity index is 694. The molecule has 3 heterocycles. The first-order chi connectivity index (χ1) is 12.0. The second kappa shape index (κ2) is 7.82. The summed E-state index contributed by atoms with van der Waals surface area (Å²) >= 11 is 0. The summed E-state index contributed by atoms with van der Waals surface area (Å²) in [5.74, 6) is 2.53. The highest BCUT2D eigenvalue weighted by Crippen LogP contribution is 2.21. The highest BCUT2D eigenvalue weighted by Gasteiger charge is 2.31. The number of carbonyl (C=O) groups is 1. The van der Waals surface area contributed by atoms with Gasteiger partial charge in [0.1, 0.15) is 17.4 Å². The first-order valence-corrected chi connectivity index (χ1v) is 8.98. The standard InChI is InChI=1S/C18H27N5O2/c1-13(18(24)19-11-17-8-6-10-25-17)22-9-5-4-7-16(22)12-23-15(3)20-14(2)21-23/h6,8,10,13,16H,4-5,7,9,11-12H2,1-3H3,(H,19,24)/t13-,16+/m1/s1. The van der Waals surface area contributed by atoms with Crippen LogP contribution in [0.25, 0.3) is 0 Å². The van der Waals surface area contributed by atoms with Gasteiger partial charge in [-0.25, -0.2) is 9.67 Å². The molecule has 0 radical (unpaired) electrons. The van der Waals surface area contributed by atoms with Gasteiger partial charge in [0.25, 0.3) is 0 Å². The Labute approximate surface area is 148 Å². The molecule has 0 unspecified atom stereocenters. The van der Waals surface area contributed by atoms with Gasteiger partial charge in [0.15, 0.2) is 0 Å². The zero-order valence-corrected chi connectivity index (χ0v) is 15.2. The zero-order valence-electron chi connectivity index (χ0n) is 15.2. The molecule has 2 aromatic heterocycles. The maximum atomic E-state index is 12.6. The van der Waals surface area contributed by atoms with E-state index >= 15 is 0 Å². The second-order valence-corrected chi connectivity index (χ2v) is 6.75. The molecule has 0 aromatic carbocycles. The van der Waals surface area contributed by atoms with Crippen LogP contribution in [0.15, 0.2) is 22.8 Å². The van der Waals surface area contributed by atoms with Crippen LogP contribution in [0.4, 0.5) is 0 Å². The molecule has 0 aliphatic carbocycles. The number of aromatic nitrogens is 3. The Morgan fingerprint density at radius 2 is 2.28 bits per heavy atom. The molecule has 1 saturated heterocycles. The number of carbonyl (C=O) groups excluding carboxylic acids is 1. The van der Waals surface area contributed by atoms with Crippen molar-refractivity contribution >= 4 is 5.91 Å². The van der Waals surface area contributed by atoms with Crippen molar-refractivity contribution in [3.8, 4) is 0 Å². The number of nitrogens with zero attached hydrogens (tertiary/aromatic N) is 4. The Kier molecular flexibility index (Phi) is 5.53. The summed E-state index contributed by atoms with van der Waals surface area (Å²) in [6, 6.07) is 3.82. The maximum Gasteiger partial charge on any atom is 0.237 e. The zero-order chi connectivity index (χ0) is 17.8. The van der Waals surface area contributed by atoms with Crippen LogP contribution < -0.4 is 5.32 Å². The van der Waals surface area contributed by atoms with E-state index in [-0.39, 0.29) is 11.9 Å². The van der Waals surface area contributed by atoms with Gasteiger partial charge in [-0.1, -0.05) is 6.42 Å². The Hall–Kier alpha value is -2.15. The van der Waals surface area contributed by atoms with E-state index in [0.717, 1.165) is 43.3 Å². The van der Waals surface area contributed by atoms with Crippen molar-refractivity contribution in [3.05, 3.63) is 35.8 Å². The summed E-state index contributed by atoms with van der Waals surface area (Å²) in [5, 5.41) is 7.45. The molecule has 1 aliphatic heterocycles. The number of furan rings is 1. The maximum absolute atomic E-state index is 12.6. The fourth-order valence-corrected chi connectivity index (χ4v) is 3.55. The number of piperidine rings is 1. The normalized spacial score (nSPS) is 19.7. The van der Waals surface area contributed by atoms with Crippen molar-refractivity contribution in [2.24, 2.45) is 0 Å². The van der Waals surface area contributed by atoms with E-state index in [1.807, 2.05) is 37.6 Å². The van der Waals surface area contributed by atoms with E-state index in [0.29, 0.717) is 12.6 Å². The summed E-state index contributed by atoms with van der Waals surface area (Å²) in [6.45, 7) is 8.01. The van der Waals surface area contributed by atoms with Gasteiger partial charge in [-0.05, 0) is 52.3 Å². The van der Waals surface area contributed by atoms with Crippen molar-refractivity contribution < 1.29 is 9.21 Å². The van der Waals surface area contributed by atoms with Gasteiger partial charge in [0.05, 0.1) is 25.4 Å². The van der Waals surface area contributed by atoms with Gasteiger partial charge < -0.3 is 9.73 Å². The molecule has 3 rings (SSSR count). The number of nitrogens with one attached hydrogen (secondary N) is 1. The van der Waals surface area contributed by atoms with Crippen LogP contribution in [0.2, 0.25) is 0 Å². The fourth-order valence-electron chi connectivity index (χ4n) is 3.55. The van der Waals surface area contributed by atoms with Crippen molar-refractivity contribution in [2.45, 2.75) is 65.2 Å². The van der Waals surface area contributed by atoms with Crippen LogP contribution in [-0.4, -0.2) is 44.2 Å². The predicted octanol–water partition coefficient (Wildman–Crippen LogP) is 2.05. The average Bonchev–Trinajstić information content (AvgIpc) is 3.22. The van der Waals surface area contributed by atoms with E-state index in [1.54, 1.807) is 6.26 Å². The Morgan fingerprint density at radius 1 is 1.44 bits per heavy atom. The number of rotatable bonds is 6. The van der Waals surface area contributed by atoms with Crippen LogP contribution >= 0.6 is 0 Å². The van der Waals surface area contributed by atoms with Crippen LogP contribution in [0.3, 0.4) is 0 Å². The van der Waals surface area contributed by atoms with Crippen molar-refractivity contribution in [1.82, 2.24) is 25.0 Å². The lowest BCUT2D eigenvalue weighted by atomic mass is 9.99. The van der Waals surface area contributed by atoms with E-state index < -0.39 is 0 Å². The lowest BCUT2D eigenvalue weighted by molar-refractivity contribution is -0.127. The summed E-state index contributed by atoms with van der Waals surface area (Å²) in [5.41, 5.74) is 0. The Morgan fingerprint density at radius 3 is 2.96 bits per heavy atom. The van der Waals surface area contributed by atoms with E-state index in [4.69, 9.17) is 4.42 Å². The summed E-state index contributed by atoms with van der Waals surface area (Å²) in [6.07, 6.45) is 5.01. The Balaban J connectivity index is 1.62. The number of aryl methyl sites for hydroxylation is 2. The van der Waals surface area contributed by atoms with Crippen molar-refractivity contribution in [1.29, 1.82) is 0 Å². The molecule has 1 N–H and O–H groups in total. The number of likely N-dealkylation sites (tertiary alicyclic amines) is 1.